The molecule has 0 radical (unpaired) electrons. The molecule has 2 saturated heterocycles. The minimum absolute atomic E-state index is 0.0314. The summed E-state index contributed by atoms with van der Waals surface area (Å²) in [6, 6.07) is 7.73. The van der Waals surface area contributed by atoms with E-state index in [2.05, 4.69) is 20.9 Å². The monoisotopic (exact) mass is 563 g/mol. The Labute approximate surface area is 240 Å². The van der Waals surface area contributed by atoms with Crippen LogP contribution in [0.5, 0.6) is 0 Å². The zero-order valence-electron chi connectivity index (χ0n) is 23.7. The second-order valence-corrected chi connectivity index (χ2v) is 12.2. The summed E-state index contributed by atoms with van der Waals surface area (Å²) in [4.78, 5) is 68.4. The van der Waals surface area contributed by atoms with Crippen molar-refractivity contribution < 1.29 is 24.0 Å². The summed E-state index contributed by atoms with van der Waals surface area (Å²) in [7, 11) is 0. The Balaban J connectivity index is 1.23. The zero-order valence-corrected chi connectivity index (χ0v) is 23.7. The van der Waals surface area contributed by atoms with Crippen LogP contribution in [0.1, 0.15) is 81.6 Å². The van der Waals surface area contributed by atoms with Gasteiger partial charge in [-0.15, -0.1) is 0 Å². The number of aldehydes is 1. The minimum atomic E-state index is -0.843. The molecule has 4 amide bonds. The number of benzene rings is 1. The average Bonchev–Trinajstić information content (AvgIpc) is 3.53. The van der Waals surface area contributed by atoms with Crippen LogP contribution >= 0.6 is 0 Å². The number of hydrogen-bond acceptors (Lipinski definition) is 5. The number of hydrogen-bond donors (Lipinski definition) is 4. The van der Waals surface area contributed by atoms with Gasteiger partial charge in [-0.2, -0.15) is 0 Å². The third kappa shape index (κ3) is 6.80. The number of piperidine rings is 1. The maximum Gasteiger partial charge on any atom is 0.268 e. The number of nitrogens with one attached hydrogen (secondary N) is 4. The first-order valence-electron chi connectivity index (χ1n) is 15.0. The van der Waals surface area contributed by atoms with Crippen LogP contribution in [0.25, 0.3) is 10.9 Å². The summed E-state index contributed by atoms with van der Waals surface area (Å²) in [5.41, 5.74) is 0.845. The number of nitrogens with zero attached hydrogens (tertiary/aromatic N) is 1. The average molecular weight is 564 g/mol. The smallest absolute Gasteiger partial charge is 0.268 e. The fourth-order valence-corrected chi connectivity index (χ4v) is 6.91. The maximum atomic E-state index is 13.5. The van der Waals surface area contributed by atoms with Gasteiger partial charge in [0.05, 0.1) is 6.04 Å². The molecular formula is C31H41N5O5. The first-order chi connectivity index (χ1) is 19.7. The van der Waals surface area contributed by atoms with Gasteiger partial charge in [0.2, 0.25) is 17.7 Å². The van der Waals surface area contributed by atoms with Crippen LogP contribution in [0.3, 0.4) is 0 Å². The van der Waals surface area contributed by atoms with Gasteiger partial charge in [0.1, 0.15) is 18.0 Å². The molecule has 4 N–H and O–H groups in total. The lowest BCUT2D eigenvalue weighted by atomic mass is 9.82. The Kier molecular flexibility index (Phi) is 8.75. The molecule has 220 valence electrons. The molecule has 1 spiro atoms. The van der Waals surface area contributed by atoms with E-state index < -0.39 is 23.9 Å². The van der Waals surface area contributed by atoms with E-state index in [-0.39, 0.29) is 29.7 Å². The molecular weight excluding hydrogens is 522 g/mol. The third-order valence-corrected chi connectivity index (χ3v) is 9.28. The normalized spacial score (nSPS) is 22.2. The van der Waals surface area contributed by atoms with Crippen molar-refractivity contribution in [2.45, 2.75) is 88.8 Å². The second kappa shape index (κ2) is 12.4. The van der Waals surface area contributed by atoms with Crippen LogP contribution in [0.2, 0.25) is 0 Å². The number of aromatic nitrogens is 1. The summed E-state index contributed by atoms with van der Waals surface area (Å²) in [6.45, 7) is 2.74. The van der Waals surface area contributed by atoms with Crippen molar-refractivity contribution in [3.8, 4) is 0 Å². The van der Waals surface area contributed by atoms with Gasteiger partial charge in [0, 0.05) is 42.4 Å². The number of rotatable bonds is 9. The van der Waals surface area contributed by atoms with E-state index in [9.17, 15) is 24.0 Å². The summed E-state index contributed by atoms with van der Waals surface area (Å²) < 4.78 is 0. The SMILES string of the molecule is CC(=O)N1CCC2(CC1)CC(CC(C=O)NC(=O)[C@H](CC1CCCCC1)NC(=O)c1cc3ccccc3[nH]1)C(=O)N2. The van der Waals surface area contributed by atoms with Crippen molar-refractivity contribution in [2.75, 3.05) is 13.1 Å². The molecule has 10 nitrogen and oxygen atoms in total. The zero-order chi connectivity index (χ0) is 29.0. The number of aromatic amines is 1. The Bertz CT molecular complexity index is 1260. The van der Waals surface area contributed by atoms with Crippen molar-refractivity contribution in [1.29, 1.82) is 0 Å². The molecule has 0 bridgehead atoms. The topological polar surface area (TPSA) is 140 Å². The minimum Gasteiger partial charge on any atom is -0.351 e. The van der Waals surface area contributed by atoms with Crippen LogP contribution in [-0.2, 0) is 19.2 Å². The van der Waals surface area contributed by atoms with E-state index >= 15 is 0 Å². The second-order valence-electron chi connectivity index (χ2n) is 12.2. The van der Waals surface area contributed by atoms with Gasteiger partial charge in [-0.3, -0.25) is 19.2 Å². The van der Waals surface area contributed by atoms with Crippen LogP contribution < -0.4 is 16.0 Å². The molecule has 3 aliphatic rings. The number of para-hydroxylation sites is 1. The Morgan fingerprint density at radius 1 is 1.07 bits per heavy atom. The molecule has 1 aromatic carbocycles. The highest BCUT2D eigenvalue weighted by molar-refractivity contribution is 6.00. The quantitative estimate of drug-likeness (QED) is 0.347. The molecule has 3 atom stereocenters. The highest BCUT2D eigenvalue weighted by Gasteiger charge is 2.46. The van der Waals surface area contributed by atoms with E-state index in [0.717, 1.165) is 36.6 Å². The van der Waals surface area contributed by atoms with Gasteiger partial charge in [-0.05, 0) is 50.2 Å². The van der Waals surface area contributed by atoms with Gasteiger partial charge in [0.25, 0.3) is 5.91 Å². The number of H-pyrrole nitrogens is 1. The van der Waals surface area contributed by atoms with E-state index in [1.165, 1.54) is 6.42 Å². The standard InChI is InChI=1S/C31H41N5O5/c1-20(38)36-13-11-31(12-14-36)18-23(28(39)35-31)16-24(19-37)32-29(40)26(15-21-7-3-2-4-8-21)34-30(41)27-17-22-9-5-6-10-25(22)33-27/h5-6,9-10,17,19,21,23-24,26,33H,2-4,7-8,11-16,18H2,1H3,(H,32,40)(H,34,41)(H,35,39)/t23?,24?,26-/m0/s1. The molecule has 1 aliphatic carbocycles. The first kappa shape index (κ1) is 28.8. The maximum absolute atomic E-state index is 13.5. The Morgan fingerprint density at radius 2 is 1.80 bits per heavy atom. The third-order valence-electron chi connectivity index (χ3n) is 9.28. The first-order valence-corrected chi connectivity index (χ1v) is 15.0. The summed E-state index contributed by atoms with van der Waals surface area (Å²) in [6.07, 6.45) is 8.72. The number of likely N-dealkylation sites (tertiary alicyclic amines) is 1. The molecule has 3 heterocycles. The fourth-order valence-electron chi connectivity index (χ4n) is 6.91. The molecule has 3 fully saturated rings. The number of carbonyl (C=O) groups is 5. The van der Waals surface area contributed by atoms with Gasteiger partial charge < -0.3 is 30.6 Å². The van der Waals surface area contributed by atoms with E-state index in [0.29, 0.717) is 56.7 Å². The van der Waals surface area contributed by atoms with Crippen LogP contribution in [-0.4, -0.2) is 70.5 Å². The number of carbonyl (C=O) groups excluding carboxylic acids is 5. The molecule has 41 heavy (non-hydrogen) atoms. The largest absolute Gasteiger partial charge is 0.351 e. The number of fused-ring (bicyclic) bond motifs is 1. The summed E-state index contributed by atoms with van der Waals surface area (Å²) >= 11 is 0. The van der Waals surface area contributed by atoms with Gasteiger partial charge >= 0.3 is 0 Å². The molecule has 2 aromatic rings. The summed E-state index contributed by atoms with van der Waals surface area (Å²) in [5, 5.41) is 9.80. The van der Waals surface area contributed by atoms with Gasteiger partial charge in [-0.1, -0.05) is 50.3 Å². The predicted octanol–water partition coefficient (Wildman–Crippen LogP) is 2.83. The van der Waals surface area contributed by atoms with E-state index in [4.69, 9.17) is 0 Å². The van der Waals surface area contributed by atoms with Crippen LogP contribution in [0, 0.1) is 11.8 Å². The molecule has 1 saturated carbocycles. The predicted molar refractivity (Wildman–Crippen MR) is 154 cm³/mol. The highest BCUT2D eigenvalue weighted by atomic mass is 16.2. The lowest BCUT2D eigenvalue weighted by Gasteiger charge is -2.39. The Morgan fingerprint density at radius 3 is 2.49 bits per heavy atom. The fraction of sp³-hybridized carbons (Fsp3) is 0.581. The van der Waals surface area contributed by atoms with Crippen molar-refractivity contribution in [1.82, 2.24) is 25.8 Å². The lowest BCUT2D eigenvalue weighted by Crippen LogP contribution is -2.51. The van der Waals surface area contributed by atoms with Crippen molar-refractivity contribution in [3.63, 3.8) is 0 Å². The molecule has 1 aromatic heterocycles. The van der Waals surface area contributed by atoms with Crippen molar-refractivity contribution in [3.05, 3.63) is 36.0 Å². The van der Waals surface area contributed by atoms with Gasteiger partial charge in [0.15, 0.2) is 0 Å². The van der Waals surface area contributed by atoms with E-state index in [1.807, 2.05) is 24.3 Å². The number of amides is 4. The molecule has 2 aliphatic heterocycles. The molecule has 2 unspecified atom stereocenters. The van der Waals surface area contributed by atoms with Crippen LogP contribution in [0.15, 0.2) is 30.3 Å². The molecule has 5 rings (SSSR count). The Hall–Kier alpha value is -3.69. The highest BCUT2D eigenvalue weighted by Crippen LogP contribution is 2.36. The summed E-state index contributed by atoms with van der Waals surface area (Å²) in [5.74, 6) is -0.948. The van der Waals surface area contributed by atoms with Crippen molar-refractivity contribution in [2.24, 2.45) is 11.8 Å². The van der Waals surface area contributed by atoms with Crippen LogP contribution in [0.4, 0.5) is 0 Å². The van der Waals surface area contributed by atoms with Gasteiger partial charge in [-0.25, -0.2) is 0 Å². The van der Waals surface area contributed by atoms with Crippen molar-refractivity contribution >= 4 is 40.8 Å². The lowest BCUT2D eigenvalue weighted by molar-refractivity contribution is -0.130. The molecule has 10 heteroatoms. The van der Waals surface area contributed by atoms with E-state index in [1.54, 1.807) is 17.9 Å².